The number of aromatic nitrogens is 1. The van der Waals surface area contributed by atoms with Crippen LogP contribution in [0.1, 0.15) is 18.9 Å². The number of amides is 3. The number of hydrogen-bond acceptors (Lipinski definition) is 4. The lowest BCUT2D eigenvalue weighted by Gasteiger charge is -2.37. The van der Waals surface area contributed by atoms with Gasteiger partial charge in [-0.05, 0) is 36.2 Å². The van der Waals surface area contributed by atoms with Gasteiger partial charge in [-0.25, -0.2) is 9.37 Å². The van der Waals surface area contributed by atoms with Gasteiger partial charge in [0.25, 0.3) is 0 Å². The molecule has 0 radical (unpaired) electrons. The van der Waals surface area contributed by atoms with E-state index in [1.165, 1.54) is 21.9 Å². The fourth-order valence-electron chi connectivity index (χ4n) is 3.14. The Kier molecular flexibility index (Phi) is 5.98. The van der Waals surface area contributed by atoms with Gasteiger partial charge in [-0.1, -0.05) is 25.1 Å². The second-order valence-corrected chi connectivity index (χ2v) is 6.48. The van der Waals surface area contributed by atoms with Crippen LogP contribution in [0.2, 0.25) is 0 Å². The highest BCUT2D eigenvalue weighted by Gasteiger charge is 2.38. The summed E-state index contributed by atoms with van der Waals surface area (Å²) in [6, 6.07) is 10.1. The van der Waals surface area contributed by atoms with Crippen LogP contribution in [0.4, 0.5) is 10.2 Å². The first kappa shape index (κ1) is 19.5. The van der Waals surface area contributed by atoms with Gasteiger partial charge in [0.05, 0.1) is 0 Å². The van der Waals surface area contributed by atoms with Gasteiger partial charge in [0.1, 0.15) is 17.7 Å². The van der Waals surface area contributed by atoms with Crippen molar-refractivity contribution in [1.82, 2.24) is 14.8 Å². The third-order valence-electron chi connectivity index (χ3n) is 4.61. The van der Waals surface area contributed by atoms with Crippen molar-refractivity contribution in [2.45, 2.75) is 25.9 Å². The quantitative estimate of drug-likeness (QED) is 0.770. The molecule has 0 spiro atoms. The molecule has 0 aliphatic carbocycles. The molecule has 0 unspecified atom stereocenters. The Labute approximate surface area is 162 Å². The average Bonchev–Trinajstić information content (AvgIpc) is 2.70. The minimum Gasteiger partial charge on any atom is -0.328 e. The van der Waals surface area contributed by atoms with Gasteiger partial charge < -0.3 is 15.1 Å². The van der Waals surface area contributed by atoms with Crippen molar-refractivity contribution in [1.29, 1.82) is 0 Å². The van der Waals surface area contributed by atoms with E-state index in [2.05, 4.69) is 10.3 Å². The Morgan fingerprint density at radius 1 is 1.14 bits per heavy atom. The number of benzene rings is 1. The van der Waals surface area contributed by atoms with Crippen LogP contribution >= 0.6 is 0 Å². The van der Waals surface area contributed by atoms with E-state index in [-0.39, 0.29) is 24.8 Å². The highest BCUT2D eigenvalue weighted by atomic mass is 19.1. The number of carbonyl (C=O) groups is 3. The van der Waals surface area contributed by atoms with Gasteiger partial charge in [-0.2, -0.15) is 0 Å². The highest BCUT2D eigenvalue weighted by molar-refractivity contribution is 6.35. The number of nitrogens with zero attached hydrogens (tertiary/aromatic N) is 3. The van der Waals surface area contributed by atoms with Gasteiger partial charge in [0.2, 0.25) is 5.91 Å². The van der Waals surface area contributed by atoms with Gasteiger partial charge in [-0.15, -0.1) is 0 Å². The molecule has 3 amide bonds. The molecular formula is C20H21FN4O3. The molecule has 28 heavy (non-hydrogen) atoms. The summed E-state index contributed by atoms with van der Waals surface area (Å²) >= 11 is 0. The molecule has 1 atom stereocenters. The van der Waals surface area contributed by atoms with Crippen molar-refractivity contribution in [2.24, 2.45) is 0 Å². The molecule has 146 valence electrons. The van der Waals surface area contributed by atoms with Crippen molar-refractivity contribution in [2.75, 3.05) is 18.4 Å². The molecule has 1 aliphatic rings. The number of halogens is 1. The second kappa shape index (κ2) is 8.60. The summed E-state index contributed by atoms with van der Waals surface area (Å²) in [7, 11) is 0. The molecule has 0 bridgehead atoms. The molecule has 1 fully saturated rings. The lowest BCUT2D eigenvalue weighted by atomic mass is 10.1. The van der Waals surface area contributed by atoms with E-state index < -0.39 is 17.9 Å². The summed E-state index contributed by atoms with van der Waals surface area (Å²) in [6.07, 6.45) is 1.93. The van der Waals surface area contributed by atoms with E-state index in [9.17, 15) is 18.8 Å². The largest absolute Gasteiger partial charge is 0.328 e. The van der Waals surface area contributed by atoms with E-state index in [1.807, 2.05) is 0 Å². The van der Waals surface area contributed by atoms with Crippen LogP contribution in [0.25, 0.3) is 0 Å². The number of anilines is 1. The monoisotopic (exact) mass is 384 g/mol. The standard InChI is InChI=1S/C20H21FN4O3/c1-2-16(18(26)23-17-5-3-4-10-22-17)25-12-11-24(19(27)20(25)28)13-14-6-8-15(21)9-7-14/h3-10,16H,2,11-13H2,1H3,(H,22,23,26)/t16-/m1/s1. The number of carbonyl (C=O) groups excluding carboxylic acids is 3. The van der Waals surface area contributed by atoms with Crippen LogP contribution in [0, 0.1) is 5.82 Å². The lowest BCUT2D eigenvalue weighted by molar-refractivity contribution is -0.159. The van der Waals surface area contributed by atoms with E-state index in [4.69, 9.17) is 0 Å². The summed E-state index contributed by atoms with van der Waals surface area (Å²) in [5.74, 6) is -1.73. The van der Waals surface area contributed by atoms with Crippen LogP contribution in [0.15, 0.2) is 48.7 Å². The molecular weight excluding hydrogens is 363 g/mol. The fourth-order valence-corrected chi connectivity index (χ4v) is 3.14. The molecule has 1 aromatic heterocycles. The first-order valence-corrected chi connectivity index (χ1v) is 9.05. The number of nitrogens with one attached hydrogen (secondary N) is 1. The Morgan fingerprint density at radius 3 is 2.54 bits per heavy atom. The Bertz CT molecular complexity index is 858. The molecule has 1 saturated heterocycles. The molecule has 1 aromatic carbocycles. The van der Waals surface area contributed by atoms with E-state index in [0.717, 1.165) is 5.56 Å². The Hall–Kier alpha value is -3.29. The predicted molar refractivity (Wildman–Crippen MR) is 100 cm³/mol. The Morgan fingerprint density at radius 2 is 1.89 bits per heavy atom. The van der Waals surface area contributed by atoms with Crippen molar-refractivity contribution >= 4 is 23.5 Å². The van der Waals surface area contributed by atoms with E-state index in [1.54, 1.807) is 43.5 Å². The molecule has 8 heteroatoms. The summed E-state index contributed by atoms with van der Waals surface area (Å²) in [4.78, 5) is 44.5. The molecule has 0 saturated carbocycles. The van der Waals surface area contributed by atoms with Crippen molar-refractivity contribution in [3.05, 3.63) is 60.0 Å². The van der Waals surface area contributed by atoms with Crippen molar-refractivity contribution in [3.8, 4) is 0 Å². The third-order valence-corrected chi connectivity index (χ3v) is 4.61. The molecule has 7 nitrogen and oxygen atoms in total. The molecule has 3 rings (SSSR count). The van der Waals surface area contributed by atoms with Crippen LogP contribution < -0.4 is 5.32 Å². The van der Waals surface area contributed by atoms with Crippen LogP contribution in [-0.2, 0) is 20.9 Å². The zero-order chi connectivity index (χ0) is 20.1. The van der Waals surface area contributed by atoms with Gasteiger partial charge in [-0.3, -0.25) is 14.4 Å². The normalized spacial score (nSPS) is 15.5. The minimum absolute atomic E-state index is 0.218. The van der Waals surface area contributed by atoms with Crippen molar-refractivity contribution < 1.29 is 18.8 Å². The molecule has 2 heterocycles. The smallest absolute Gasteiger partial charge is 0.312 e. The average molecular weight is 384 g/mol. The maximum atomic E-state index is 13.0. The zero-order valence-corrected chi connectivity index (χ0v) is 15.5. The maximum Gasteiger partial charge on any atom is 0.312 e. The van der Waals surface area contributed by atoms with Crippen molar-refractivity contribution in [3.63, 3.8) is 0 Å². The summed E-state index contributed by atoms with van der Waals surface area (Å²) in [6.45, 7) is 2.55. The van der Waals surface area contributed by atoms with Crippen LogP contribution in [0.5, 0.6) is 0 Å². The number of hydrogen-bond donors (Lipinski definition) is 1. The van der Waals surface area contributed by atoms with E-state index >= 15 is 0 Å². The SMILES string of the molecule is CC[C@H](C(=O)Nc1ccccn1)N1CCN(Cc2ccc(F)cc2)C(=O)C1=O. The second-order valence-electron chi connectivity index (χ2n) is 6.48. The number of rotatable bonds is 6. The first-order chi connectivity index (χ1) is 13.5. The first-order valence-electron chi connectivity index (χ1n) is 9.05. The van der Waals surface area contributed by atoms with Crippen LogP contribution in [0.3, 0.4) is 0 Å². The predicted octanol–water partition coefficient (Wildman–Crippen LogP) is 1.81. The molecule has 1 aliphatic heterocycles. The maximum absolute atomic E-state index is 13.0. The number of piperazine rings is 1. The minimum atomic E-state index is -0.758. The molecule has 2 aromatic rings. The Balaban J connectivity index is 1.66. The lowest BCUT2D eigenvalue weighted by Crippen LogP contribution is -2.59. The molecule has 1 N–H and O–H groups in total. The fraction of sp³-hybridized carbons (Fsp3) is 0.300. The van der Waals surface area contributed by atoms with Gasteiger partial charge in [0, 0.05) is 25.8 Å². The van der Waals surface area contributed by atoms with E-state index in [0.29, 0.717) is 18.8 Å². The van der Waals surface area contributed by atoms with Crippen LogP contribution in [-0.4, -0.2) is 51.6 Å². The van der Waals surface area contributed by atoms with Gasteiger partial charge >= 0.3 is 11.8 Å². The number of pyridine rings is 1. The summed E-state index contributed by atoms with van der Waals surface area (Å²) in [5, 5.41) is 2.68. The summed E-state index contributed by atoms with van der Waals surface area (Å²) in [5.41, 5.74) is 0.732. The highest BCUT2D eigenvalue weighted by Crippen LogP contribution is 2.16. The zero-order valence-electron chi connectivity index (χ0n) is 15.5. The summed E-state index contributed by atoms with van der Waals surface area (Å²) < 4.78 is 13.0. The third kappa shape index (κ3) is 4.33. The van der Waals surface area contributed by atoms with Gasteiger partial charge in [0.15, 0.2) is 0 Å². The topological polar surface area (TPSA) is 82.6 Å².